The largest absolute Gasteiger partial charge is 0.484 e. The van der Waals surface area contributed by atoms with Crippen molar-refractivity contribution in [3.63, 3.8) is 0 Å². The van der Waals surface area contributed by atoms with Gasteiger partial charge in [0.15, 0.2) is 6.61 Å². The number of nitrogens with one attached hydrogen (secondary N) is 1. The van der Waals surface area contributed by atoms with E-state index in [4.69, 9.17) is 14.6 Å². The van der Waals surface area contributed by atoms with Crippen molar-refractivity contribution in [2.24, 2.45) is 0 Å². The molecule has 1 atom stereocenters. The van der Waals surface area contributed by atoms with Crippen LogP contribution < -0.4 is 10.1 Å². The number of aliphatic hydroxyl groups excluding tert-OH is 1. The third-order valence-corrected chi connectivity index (χ3v) is 3.70. The smallest absolute Gasteiger partial charge is 0.258 e. The van der Waals surface area contributed by atoms with E-state index in [1.54, 1.807) is 0 Å². The predicted octanol–water partition coefficient (Wildman–Crippen LogP) is 2.55. The van der Waals surface area contributed by atoms with Crippen LogP contribution in [0.15, 0.2) is 48.5 Å². The van der Waals surface area contributed by atoms with Gasteiger partial charge in [-0.1, -0.05) is 42.0 Å². The van der Waals surface area contributed by atoms with Crippen LogP contribution >= 0.6 is 0 Å². The van der Waals surface area contributed by atoms with Gasteiger partial charge in [-0.3, -0.25) is 4.79 Å². The Morgan fingerprint density at radius 3 is 2.56 bits per heavy atom. The molecule has 0 saturated heterocycles. The minimum atomic E-state index is -0.310. The van der Waals surface area contributed by atoms with E-state index in [0.717, 1.165) is 16.7 Å². The first-order valence-corrected chi connectivity index (χ1v) is 8.33. The fraction of sp³-hybridized carbons (Fsp3) is 0.350. The molecule has 2 rings (SSSR count). The van der Waals surface area contributed by atoms with Gasteiger partial charge in [-0.2, -0.15) is 0 Å². The number of carbonyl (C=O) groups excluding carboxylic acids is 1. The number of hydrogen-bond donors (Lipinski definition) is 2. The molecular formula is C20H25NO4. The van der Waals surface area contributed by atoms with E-state index in [1.165, 1.54) is 0 Å². The van der Waals surface area contributed by atoms with Crippen LogP contribution in [-0.2, 0) is 9.53 Å². The lowest BCUT2D eigenvalue weighted by molar-refractivity contribution is -0.123. The summed E-state index contributed by atoms with van der Waals surface area (Å²) in [5, 5.41) is 11.8. The number of aliphatic hydroxyl groups is 1. The van der Waals surface area contributed by atoms with Crippen molar-refractivity contribution in [2.75, 3.05) is 26.4 Å². The van der Waals surface area contributed by atoms with E-state index in [0.29, 0.717) is 12.3 Å². The van der Waals surface area contributed by atoms with Gasteiger partial charge in [0.1, 0.15) is 5.75 Å². The molecule has 0 spiro atoms. The lowest BCUT2D eigenvalue weighted by atomic mass is 10.1. The standard InChI is InChI=1S/C20H25NO4/c1-15-6-8-17(9-7-15)19(24-11-10-22)13-21-20(23)14-25-18-5-3-4-16(2)12-18/h3-9,12,19,22H,10-11,13-14H2,1-2H3,(H,21,23). The summed E-state index contributed by atoms with van der Waals surface area (Å²) in [6.07, 6.45) is -0.310. The molecule has 0 heterocycles. The van der Waals surface area contributed by atoms with Gasteiger partial charge in [0.25, 0.3) is 5.91 Å². The molecular weight excluding hydrogens is 318 g/mol. The van der Waals surface area contributed by atoms with Gasteiger partial charge < -0.3 is 19.9 Å². The Kier molecular flexibility index (Phi) is 7.44. The molecule has 25 heavy (non-hydrogen) atoms. The molecule has 2 aromatic rings. The summed E-state index contributed by atoms with van der Waals surface area (Å²) in [6, 6.07) is 15.5. The third kappa shape index (κ3) is 6.57. The van der Waals surface area contributed by atoms with Crippen LogP contribution in [0.4, 0.5) is 0 Å². The van der Waals surface area contributed by atoms with Crippen molar-refractivity contribution in [2.45, 2.75) is 20.0 Å². The second-order valence-electron chi connectivity index (χ2n) is 5.90. The lowest BCUT2D eigenvalue weighted by Gasteiger charge is -2.19. The Labute approximate surface area is 148 Å². The average Bonchev–Trinajstić information content (AvgIpc) is 2.61. The number of benzene rings is 2. The minimum Gasteiger partial charge on any atom is -0.484 e. The first-order valence-electron chi connectivity index (χ1n) is 8.33. The monoisotopic (exact) mass is 343 g/mol. The van der Waals surface area contributed by atoms with E-state index in [2.05, 4.69) is 5.32 Å². The van der Waals surface area contributed by atoms with Crippen LogP contribution in [0.5, 0.6) is 5.75 Å². The molecule has 134 valence electrons. The Morgan fingerprint density at radius 1 is 1.12 bits per heavy atom. The van der Waals surface area contributed by atoms with Crippen molar-refractivity contribution in [3.8, 4) is 5.75 Å². The number of hydrogen-bond acceptors (Lipinski definition) is 4. The molecule has 5 nitrogen and oxygen atoms in total. The highest BCUT2D eigenvalue weighted by Crippen LogP contribution is 2.17. The maximum Gasteiger partial charge on any atom is 0.258 e. The highest BCUT2D eigenvalue weighted by molar-refractivity contribution is 5.77. The molecule has 0 radical (unpaired) electrons. The molecule has 5 heteroatoms. The number of rotatable bonds is 9. The van der Waals surface area contributed by atoms with E-state index in [9.17, 15) is 4.79 Å². The SMILES string of the molecule is Cc1ccc(C(CNC(=O)COc2cccc(C)c2)OCCO)cc1. The summed E-state index contributed by atoms with van der Waals surface area (Å²) < 4.78 is 11.1. The maximum absolute atomic E-state index is 12.0. The fourth-order valence-corrected chi connectivity index (χ4v) is 2.36. The fourth-order valence-electron chi connectivity index (χ4n) is 2.36. The van der Waals surface area contributed by atoms with Crippen molar-refractivity contribution in [3.05, 3.63) is 65.2 Å². The number of aryl methyl sites for hydroxylation is 2. The molecule has 0 aliphatic carbocycles. The number of ether oxygens (including phenoxy) is 2. The van der Waals surface area contributed by atoms with E-state index in [1.807, 2.05) is 62.4 Å². The Morgan fingerprint density at radius 2 is 1.88 bits per heavy atom. The molecule has 2 aromatic carbocycles. The van der Waals surface area contributed by atoms with Crippen LogP contribution in [0.2, 0.25) is 0 Å². The third-order valence-electron chi connectivity index (χ3n) is 3.70. The average molecular weight is 343 g/mol. The number of amides is 1. The second kappa shape index (κ2) is 9.81. The van der Waals surface area contributed by atoms with E-state index < -0.39 is 0 Å². The molecule has 0 saturated carbocycles. The molecule has 1 unspecified atom stereocenters. The Hall–Kier alpha value is -2.37. The lowest BCUT2D eigenvalue weighted by Crippen LogP contribution is -2.33. The van der Waals surface area contributed by atoms with Crippen LogP contribution in [0.3, 0.4) is 0 Å². The van der Waals surface area contributed by atoms with Crippen molar-refractivity contribution < 1.29 is 19.4 Å². The zero-order valence-electron chi connectivity index (χ0n) is 14.7. The van der Waals surface area contributed by atoms with Crippen molar-refractivity contribution in [1.82, 2.24) is 5.32 Å². The second-order valence-corrected chi connectivity index (χ2v) is 5.90. The maximum atomic E-state index is 12.0. The summed E-state index contributed by atoms with van der Waals surface area (Å²) in [7, 11) is 0. The molecule has 0 bridgehead atoms. The van der Waals surface area contributed by atoms with E-state index >= 15 is 0 Å². The van der Waals surface area contributed by atoms with Gasteiger partial charge in [-0.05, 0) is 37.1 Å². The zero-order chi connectivity index (χ0) is 18.1. The van der Waals surface area contributed by atoms with Gasteiger partial charge in [-0.15, -0.1) is 0 Å². The van der Waals surface area contributed by atoms with Crippen LogP contribution in [0.1, 0.15) is 22.8 Å². The molecule has 0 fully saturated rings. The summed E-state index contributed by atoms with van der Waals surface area (Å²) in [4.78, 5) is 12.0. The van der Waals surface area contributed by atoms with Crippen LogP contribution in [0.25, 0.3) is 0 Å². The Balaban J connectivity index is 1.86. The highest BCUT2D eigenvalue weighted by atomic mass is 16.5. The first-order chi connectivity index (χ1) is 12.1. The first kappa shape index (κ1) is 19.0. The number of carbonyl (C=O) groups is 1. The zero-order valence-corrected chi connectivity index (χ0v) is 14.7. The minimum absolute atomic E-state index is 0.0515. The van der Waals surface area contributed by atoms with Gasteiger partial charge in [0.05, 0.1) is 19.3 Å². The van der Waals surface area contributed by atoms with Crippen molar-refractivity contribution in [1.29, 1.82) is 0 Å². The molecule has 0 aliphatic rings. The summed E-state index contributed by atoms with van der Waals surface area (Å²) in [5.41, 5.74) is 3.19. The van der Waals surface area contributed by atoms with Gasteiger partial charge in [0.2, 0.25) is 0 Å². The van der Waals surface area contributed by atoms with Crippen LogP contribution in [-0.4, -0.2) is 37.4 Å². The van der Waals surface area contributed by atoms with Gasteiger partial charge in [0, 0.05) is 6.54 Å². The summed E-state index contributed by atoms with van der Waals surface area (Å²) in [6.45, 7) is 4.40. The normalized spacial score (nSPS) is 11.8. The molecule has 0 aromatic heterocycles. The van der Waals surface area contributed by atoms with Crippen molar-refractivity contribution >= 4 is 5.91 Å². The van der Waals surface area contributed by atoms with Gasteiger partial charge in [-0.25, -0.2) is 0 Å². The van der Waals surface area contributed by atoms with E-state index in [-0.39, 0.29) is 31.8 Å². The van der Waals surface area contributed by atoms with Crippen LogP contribution in [0, 0.1) is 13.8 Å². The summed E-state index contributed by atoms with van der Waals surface area (Å²) >= 11 is 0. The topological polar surface area (TPSA) is 67.8 Å². The predicted molar refractivity (Wildman–Crippen MR) is 96.6 cm³/mol. The molecule has 0 aliphatic heterocycles. The summed E-state index contributed by atoms with van der Waals surface area (Å²) in [5.74, 6) is 0.452. The highest BCUT2D eigenvalue weighted by Gasteiger charge is 2.14. The van der Waals surface area contributed by atoms with Gasteiger partial charge >= 0.3 is 0 Å². The Bertz CT molecular complexity index is 670. The quantitative estimate of drug-likeness (QED) is 0.734. The molecule has 2 N–H and O–H groups in total. The molecule has 1 amide bonds.